The van der Waals surface area contributed by atoms with Gasteiger partial charge in [0.2, 0.25) is 0 Å². The summed E-state index contributed by atoms with van der Waals surface area (Å²) < 4.78 is 0. The van der Waals surface area contributed by atoms with Gasteiger partial charge in [0.05, 0.1) is 12.5 Å². The Bertz CT molecular complexity index is 422. The molecule has 3 N–H and O–H groups in total. The zero-order valence-corrected chi connectivity index (χ0v) is 8.07. The Labute approximate surface area is 81.2 Å². The maximum Gasteiger partial charge on any atom is 0.182 e. The fourth-order valence-electron chi connectivity index (χ4n) is 1.15. The van der Waals surface area contributed by atoms with E-state index in [4.69, 9.17) is 0 Å². The number of nitrogens with one attached hydrogen (secondary N) is 3. The third-order valence-corrected chi connectivity index (χ3v) is 2.01. The highest BCUT2D eigenvalue weighted by molar-refractivity contribution is 5.81. The van der Waals surface area contributed by atoms with E-state index in [9.17, 15) is 0 Å². The summed E-state index contributed by atoms with van der Waals surface area (Å²) in [5, 5.41) is 6.25. The predicted molar refractivity (Wildman–Crippen MR) is 53.8 cm³/mol. The summed E-state index contributed by atoms with van der Waals surface area (Å²) in [4.78, 5) is 15.2. The standard InChI is InChI=1S/C8H12N6/c1-5(9-2)14-8-6-7(11-3-10-6)12-4-13-8/h3-5,9H,1-2H3,(H2,10,11,12,13,14). The molecule has 2 heterocycles. The Morgan fingerprint density at radius 2 is 2.21 bits per heavy atom. The lowest BCUT2D eigenvalue weighted by molar-refractivity contribution is 0.680. The first-order valence-corrected chi connectivity index (χ1v) is 4.39. The average Bonchev–Trinajstić information content (AvgIpc) is 2.66. The molecule has 0 amide bonds. The summed E-state index contributed by atoms with van der Waals surface area (Å²) in [6, 6.07) is 0. The number of imidazole rings is 1. The second kappa shape index (κ2) is 3.59. The monoisotopic (exact) mass is 192 g/mol. The topological polar surface area (TPSA) is 78.5 Å². The molecule has 74 valence electrons. The minimum Gasteiger partial charge on any atom is -0.353 e. The Balaban J connectivity index is 2.36. The highest BCUT2D eigenvalue weighted by Gasteiger charge is 2.06. The second-order valence-electron chi connectivity index (χ2n) is 2.98. The maximum atomic E-state index is 4.13. The summed E-state index contributed by atoms with van der Waals surface area (Å²) in [6.45, 7) is 2.00. The van der Waals surface area contributed by atoms with Crippen molar-refractivity contribution >= 4 is 17.0 Å². The average molecular weight is 192 g/mol. The Kier molecular flexibility index (Phi) is 2.28. The Morgan fingerprint density at radius 1 is 1.36 bits per heavy atom. The SMILES string of the molecule is CNC(C)Nc1ncnc2nc[nH]c12. The number of H-pyrrole nitrogens is 1. The van der Waals surface area contributed by atoms with Crippen LogP contribution >= 0.6 is 0 Å². The van der Waals surface area contributed by atoms with Crippen molar-refractivity contribution < 1.29 is 0 Å². The third kappa shape index (κ3) is 1.51. The normalized spacial score (nSPS) is 13.0. The van der Waals surface area contributed by atoms with Gasteiger partial charge in [0.25, 0.3) is 0 Å². The van der Waals surface area contributed by atoms with Crippen LogP contribution in [0.25, 0.3) is 11.2 Å². The van der Waals surface area contributed by atoms with E-state index in [2.05, 4.69) is 30.6 Å². The molecule has 2 aromatic rings. The molecule has 0 aliphatic carbocycles. The van der Waals surface area contributed by atoms with Crippen LogP contribution in [0.15, 0.2) is 12.7 Å². The van der Waals surface area contributed by atoms with E-state index in [-0.39, 0.29) is 6.17 Å². The number of aromatic nitrogens is 4. The van der Waals surface area contributed by atoms with Crippen molar-refractivity contribution in [1.29, 1.82) is 0 Å². The molecule has 6 heteroatoms. The molecule has 0 saturated carbocycles. The van der Waals surface area contributed by atoms with Crippen LogP contribution in [0, 0.1) is 0 Å². The van der Waals surface area contributed by atoms with Gasteiger partial charge in [0, 0.05) is 0 Å². The van der Waals surface area contributed by atoms with Crippen molar-refractivity contribution in [2.24, 2.45) is 0 Å². The molecule has 0 fully saturated rings. The Hall–Kier alpha value is -1.69. The molecule has 0 aliphatic heterocycles. The van der Waals surface area contributed by atoms with E-state index in [1.54, 1.807) is 6.33 Å². The van der Waals surface area contributed by atoms with Crippen LogP contribution in [-0.4, -0.2) is 33.1 Å². The van der Waals surface area contributed by atoms with Crippen molar-refractivity contribution in [3.8, 4) is 0 Å². The van der Waals surface area contributed by atoms with Crippen LogP contribution in [0.3, 0.4) is 0 Å². The first kappa shape index (κ1) is 8.89. The third-order valence-electron chi connectivity index (χ3n) is 2.01. The number of hydrogen-bond donors (Lipinski definition) is 3. The molecule has 0 aliphatic rings. The number of aromatic amines is 1. The quantitative estimate of drug-likeness (QED) is 0.611. The van der Waals surface area contributed by atoms with Crippen molar-refractivity contribution in [3.05, 3.63) is 12.7 Å². The molecular weight excluding hydrogens is 180 g/mol. The lowest BCUT2D eigenvalue weighted by Crippen LogP contribution is -2.30. The zero-order chi connectivity index (χ0) is 9.97. The van der Waals surface area contributed by atoms with Crippen LogP contribution in [0.5, 0.6) is 0 Å². The smallest absolute Gasteiger partial charge is 0.182 e. The van der Waals surface area contributed by atoms with Gasteiger partial charge < -0.3 is 15.6 Å². The molecule has 14 heavy (non-hydrogen) atoms. The fraction of sp³-hybridized carbons (Fsp3) is 0.375. The van der Waals surface area contributed by atoms with Gasteiger partial charge >= 0.3 is 0 Å². The van der Waals surface area contributed by atoms with E-state index >= 15 is 0 Å². The summed E-state index contributed by atoms with van der Waals surface area (Å²) in [7, 11) is 1.88. The van der Waals surface area contributed by atoms with Crippen molar-refractivity contribution in [1.82, 2.24) is 25.3 Å². The molecule has 2 rings (SSSR count). The van der Waals surface area contributed by atoms with Crippen LogP contribution in [0.4, 0.5) is 5.82 Å². The highest BCUT2D eigenvalue weighted by atomic mass is 15.2. The summed E-state index contributed by atoms with van der Waals surface area (Å²) in [5.41, 5.74) is 1.50. The summed E-state index contributed by atoms with van der Waals surface area (Å²) in [6.07, 6.45) is 3.25. The first-order chi connectivity index (χ1) is 6.81. The second-order valence-corrected chi connectivity index (χ2v) is 2.98. The number of anilines is 1. The van der Waals surface area contributed by atoms with Crippen LogP contribution in [0.1, 0.15) is 6.92 Å². The maximum absolute atomic E-state index is 4.13. The van der Waals surface area contributed by atoms with E-state index < -0.39 is 0 Å². The molecule has 0 aromatic carbocycles. The summed E-state index contributed by atoms with van der Waals surface area (Å²) in [5.74, 6) is 0.759. The largest absolute Gasteiger partial charge is 0.353 e. The minimum atomic E-state index is 0.149. The van der Waals surface area contributed by atoms with Gasteiger partial charge in [-0.15, -0.1) is 0 Å². The molecule has 6 nitrogen and oxygen atoms in total. The lowest BCUT2D eigenvalue weighted by atomic mass is 10.4. The highest BCUT2D eigenvalue weighted by Crippen LogP contribution is 2.14. The van der Waals surface area contributed by atoms with E-state index in [1.165, 1.54) is 6.33 Å². The van der Waals surface area contributed by atoms with Gasteiger partial charge in [-0.05, 0) is 14.0 Å². The molecule has 0 spiro atoms. The zero-order valence-electron chi connectivity index (χ0n) is 8.07. The number of fused-ring (bicyclic) bond motifs is 1. The molecule has 1 unspecified atom stereocenters. The fourth-order valence-corrected chi connectivity index (χ4v) is 1.15. The molecule has 2 aromatic heterocycles. The first-order valence-electron chi connectivity index (χ1n) is 4.39. The molecule has 0 bridgehead atoms. The molecule has 1 atom stereocenters. The van der Waals surface area contributed by atoms with E-state index in [0.717, 1.165) is 11.3 Å². The number of rotatable bonds is 3. The van der Waals surface area contributed by atoms with Gasteiger partial charge in [-0.2, -0.15) is 0 Å². The minimum absolute atomic E-state index is 0.149. The van der Waals surface area contributed by atoms with Crippen LogP contribution in [0.2, 0.25) is 0 Å². The van der Waals surface area contributed by atoms with Gasteiger partial charge in [-0.1, -0.05) is 0 Å². The number of nitrogens with zero attached hydrogens (tertiary/aromatic N) is 3. The van der Waals surface area contributed by atoms with Crippen molar-refractivity contribution in [2.45, 2.75) is 13.1 Å². The van der Waals surface area contributed by atoms with Crippen molar-refractivity contribution in [3.63, 3.8) is 0 Å². The van der Waals surface area contributed by atoms with Crippen molar-refractivity contribution in [2.75, 3.05) is 12.4 Å². The Morgan fingerprint density at radius 3 is 3.00 bits per heavy atom. The van der Waals surface area contributed by atoms with Gasteiger partial charge in [0.15, 0.2) is 11.5 Å². The molecule has 0 radical (unpaired) electrons. The lowest BCUT2D eigenvalue weighted by Gasteiger charge is -2.12. The van der Waals surface area contributed by atoms with Crippen LogP contribution in [-0.2, 0) is 0 Å². The van der Waals surface area contributed by atoms with Gasteiger partial charge in [-0.3, -0.25) is 0 Å². The molecule has 0 saturated heterocycles. The van der Waals surface area contributed by atoms with Crippen LogP contribution < -0.4 is 10.6 Å². The predicted octanol–water partition coefficient (Wildman–Crippen LogP) is 0.330. The van der Waals surface area contributed by atoms with Gasteiger partial charge in [0.1, 0.15) is 11.8 Å². The molecular formula is C8H12N6. The summed E-state index contributed by atoms with van der Waals surface area (Å²) >= 11 is 0. The van der Waals surface area contributed by atoms with E-state index in [1.807, 2.05) is 14.0 Å². The van der Waals surface area contributed by atoms with Gasteiger partial charge in [-0.25, -0.2) is 15.0 Å². The van der Waals surface area contributed by atoms with E-state index in [0.29, 0.717) is 5.65 Å². The number of hydrogen-bond acceptors (Lipinski definition) is 5.